The van der Waals surface area contributed by atoms with Gasteiger partial charge in [0.1, 0.15) is 0 Å². The van der Waals surface area contributed by atoms with Crippen LogP contribution < -0.4 is 0 Å². The van der Waals surface area contributed by atoms with Gasteiger partial charge in [0.05, 0.1) is 33.1 Å². The summed E-state index contributed by atoms with van der Waals surface area (Å²) in [4.78, 5) is 0. The van der Waals surface area contributed by atoms with Crippen LogP contribution >= 0.6 is 0 Å². The van der Waals surface area contributed by atoms with Crippen LogP contribution in [0.2, 0.25) is 0 Å². The maximum absolute atomic E-state index is 2.50. The molecule has 0 unspecified atom stereocenters. The average Bonchev–Trinajstić information content (AvgIpc) is 4.14. The molecular weight excluding hydrogens is 833 g/mol. The molecule has 0 spiro atoms. The molecule has 0 bridgehead atoms. The second kappa shape index (κ2) is 14.5. The maximum Gasteiger partial charge on any atom is 0.0620 e. The summed E-state index contributed by atoms with van der Waals surface area (Å²) < 4.78 is 4.96. The van der Waals surface area contributed by atoms with E-state index in [1.165, 1.54) is 149 Å². The van der Waals surface area contributed by atoms with E-state index in [1.54, 1.807) is 0 Å². The molecule has 0 saturated carbocycles. The molecule has 0 fully saturated rings. The smallest absolute Gasteiger partial charge is 0.0620 e. The number of aryl methyl sites for hydroxylation is 1. The second-order valence-corrected chi connectivity index (χ2v) is 18.9. The van der Waals surface area contributed by atoms with Crippen LogP contribution in [0.25, 0.3) is 143 Å². The number of para-hydroxylation sites is 3. The molecule has 0 aliphatic carbocycles. The first-order valence-corrected chi connectivity index (χ1v) is 24.0. The van der Waals surface area contributed by atoms with Crippen LogP contribution in [-0.4, -0.2) is 8.80 Å². The molecule has 0 aliphatic rings. The van der Waals surface area contributed by atoms with Gasteiger partial charge in [0.2, 0.25) is 0 Å². The summed E-state index contributed by atoms with van der Waals surface area (Å²) in [6.07, 6.45) is 0. The summed E-state index contributed by atoms with van der Waals surface area (Å²) in [7, 11) is 0. The van der Waals surface area contributed by atoms with Crippen molar-refractivity contribution >= 4 is 76.2 Å². The van der Waals surface area contributed by atoms with Crippen molar-refractivity contribution in [1.82, 2.24) is 8.80 Å². The van der Waals surface area contributed by atoms with E-state index in [9.17, 15) is 0 Å². The zero-order valence-corrected chi connectivity index (χ0v) is 37.9. The highest BCUT2D eigenvalue weighted by Gasteiger charge is 2.22. The zero-order chi connectivity index (χ0) is 45.3. The molecule has 2 nitrogen and oxygen atoms in total. The van der Waals surface area contributed by atoms with E-state index in [2.05, 4.69) is 252 Å². The third-order valence-corrected chi connectivity index (χ3v) is 15.1. The number of fused-ring (bicyclic) bond motifs is 12. The number of aromatic nitrogens is 2. The third-order valence-electron chi connectivity index (χ3n) is 15.1. The van der Waals surface area contributed by atoms with Crippen molar-refractivity contribution in [3.63, 3.8) is 0 Å². The Morgan fingerprint density at radius 1 is 0.217 bits per heavy atom. The molecule has 320 valence electrons. The van der Waals surface area contributed by atoms with Crippen molar-refractivity contribution in [2.75, 3.05) is 0 Å². The standard InChI is InChI=1S/C67H42N2/c1-41-33-49(48-18-12-17-47(35-48)46-16-11-15-45(34-46)44-27-25-43(26-28-44)42-13-3-2-4-14-42)29-31-53(41)52-39-60-56-21-7-10-24-64(56)69-65-32-30-50(36-57(65)61(40-52)67(60)69)51-37-58-54-19-5-8-22-62(54)68-63-23-9-6-20-55(63)59(38-51)66(58)68/h2-40H,1H3. The van der Waals surface area contributed by atoms with Gasteiger partial charge >= 0.3 is 0 Å². The molecule has 2 heteroatoms. The van der Waals surface area contributed by atoms with Gasteiger partial charge in [-0.2, -0.15) is 0 Å². The Balaban J connectivity index is 0.825. The van der Waals surface area contributed by atoms with Gasteiger partial charge in [0.25, 0.3) is 0 Å². The van der Waals surface area contributed by atoms with E-state index in [-0.39, 0.29) is 0 Å². The van der Waals surface area contributed by atoms with Crippen molar-refractivity contribution in [1.29, 1.82) is 0 Å². The van der Waals surface area contributed by atoms with Gasteiger partial charge in [-0.15, -0.1) is 0 Å². The van der Waals surface area contributed by atoms with E-state index in [0.29, 0.717) is 0 Å². The first-order valence-electron chi connectivity index (χ1n) is 24.0. The lowest BCUT2D eigenvalue weighted by atomic mass is 9.92. The topological polar surface area (TPSA) is 8.82 Å². The fraction of sp³-hybridized carbons (Fsp3) is 0.0149. The normalized spacial score (nSPS) is 12.1. The lowest BCUT2D eigenvalue weighted by Gasteiger charge is -2.12. The zero-order valence-electron chi connectivity index (χ0n) is 37.9. The van der Waals surface area contributed by atoms with Crippen LogP contribution in [0.5, 0.6) is 0 Å². The van der Waals surface area contributed by atoms with Crippen LogP contribution in [0.15, 0.2) is 237 Å². The molecule has 11 aromatic carbocycles. The molecule has 15 aromatic rings. The van der Waals surface area contributed by atoms with Crippen molar-refractivity contribution in [2.45, 2.75) is 6.92 Å². The Bertz CT molecular complexity index is 4450. The first kappa shape index (κ1) is 38.2. The number of hydrogen-bond acceptors (Lipinski definition) is 0. The van der Waals surface area contributed by atoms with Crippen LogP contribution in [0.3, 0.4) is 0 Å². The van der Waals surface area contributed by atoms with Gasteiger partial charge in [0.15, 0.2) is 0 Å². The highest BCUT2D eigenvalue weighted by molar-refractivity contribution is 6.26. The van der Waals surface area contributed by atoms with E-state index in [1.807, 2.05) is 0 Å². The van der Waals surface area contributed by atoms with Crippen molar-refractivity contribution in [3.05, 3.63) is 242 Å². The van der Waals surface area contributed by atoms with Gasteiger partial charge < -0.3 is 8.80 Å². The van der Waals surface area contributed by atoms with E-state index >= 15 is 0 Å². The van der Waals surface area contributed by atoms with Gasteiger partial charge in [-0.05, 0) is 146 Å². The van der Waals surface area contributed by atoms with Crippen molar-refractivity contribution in [3.8, 4) is 66.8 Å². The molecule has 0 amide bonds. The highest BCUT2D eigenvalue weighted by Crippen LogP contribution is 2.46. The minimum absolute atomic E-state index is 1.21. The Kier molecular flexibility index (Phi) is 8.02. The van der Waals surface area contributed by atoms with E-state index < -0.39 is 0 Å². The fourth-order valence-electron chi connectivity index (χ4n) is 11.9. The van der Waals surface area contributed by atoms with Gasteiger partial charge in [0, 0.05) is 43.1 Å². The fourth-order valence-corrected chi connectivity index (χ4v) is 11.9. The minimum atomic E-state index is 1.21. The third kappa shape index (κ3) is 5.67. The van der Waals surface area contributed by atoms with E-state index in [0.717, 1.165) is 0 Å². The molecule has 4 heterocycles. The van der Waals surface area contributed by atoms with Crippen LogP contribution in [-0.2, 0) is 0 Å². The summed E-state index contributed by atoms with van der Waals surface area (Å²) in [6.45, 7) is 2.27. The van der Waals surface area contributed by atoms with Gasteiger partial charge in [-0.1, -0.05) is 170 Å². The second-order valence-electron chi connectivity index (χ2n) is 18.9. The quantitative estimate of drug-likeness (QED) is 0.157. The van der Waals surface area contributed by atoms with Crippen LogP contribution in [0.4, 0.5) is 0 Å². The molecule has 69 heavy (non-hydrogen) atoms. The first-order chi connectivity index (χ1) is 34.1. The largest absolute Gasteiger partial charge is 0.308 e. The molecule has 4 aromatic heterocycles. The maximum atomic E-state index is 2.50. The summed E-state index contributed by atoms with van der Waals surface area (Å²) >= 11 is 0. The van der Waals surface area contributed by atoms with Crippen LogP contribution in [0.1, 0.15) is 5.56 Å². The summed E-state index contributed by atoms with van der Waals surface area (Å²) in [5.74, 6) is 0. The molecule has 0 N–H and O–H groups in total. The Labute approximate surface area is 398 Å². The lowest BCUT2D eigenvalue weighted by molar-refractivity contribution is 1.37. The average molecular weight is 875 g/mol. The molecule has 0 atom stereocenters. The van der Waals surface area contributed by atoms with Crippen molar-refractivity contribution in [2.24, 2.45) is 0 Å². The Morgan fingerprint density at radius 2 is 0.565 bits per heavy atom. The van der Waals surface area contributed by atoms with Gasteiger partial charge in [-0.25, -0.2) is 0 Å². The van der Waals surface area contributed by atoms with Crippen molar-refractivity contribution < 1.29 is 0 Å². The van der Waals surface area contributed by atoms with E-state index in [4.69, 9.17) is 0 Å². The summed E-state index contributed by atoms with van der Waals surface area (Å²) in [5.41, 5.74) is 23.6. The number of hydrogen-bond donors (Lipinski definition) is 0. The van der Waals surface area contributed by atoms with Crippen LogP contribution in [0, 0.1) is 6.92 Å². The van der Waals surface area contributed by atoms with Gasteiger partial charge in [-0.3, -0.25) is 0 Å². The predicted molar refractivity (Wildman–Crippen MR) is 293 cm³/mol. The molecule has 0 saturated heterocycles. The summed E-state index contributed by atoms with van der Waals surface area (Å²) in [6, 6.07) is 87.9. The number of benzene rings is 11. The predicted octanol–water partition coefficient (Wildman–Crippen LogP) is 18.3. The summed E-state index contributed by atoms with van der Waals surface area (Å²) in [5, 5.41) is 10.3. The molecular formula is C67H42N2. The molecule has 0 radical (unpaired) electrons. The molecule has 15 rings (SSSR count). The number of nitrogens with zero attached hydrogens (tertiary/aromatic N) is 2. The lowest BCUT2D eigenvalue weighted by Crippen LogP contribution is -1.87. The highest BCUT2D eigenvalue weighted by atomic mass is 14.9. The minimum Gasteiger partial charge on any atom is -0.308 e. The monoisotopic (exact) mass is 874 g/mol. The SMILES string of the molecule is Cc1cc(-c2cccc(-c3cccc(-c4ccc(-c5ccccc5)cc4)c3)c2)ccc1-c1cc2c3ccccc3n3c4ccc(-c5cc6c7ccccc7n7c8ccccc8c(c5)c67)cc4c(c1)c23. The Hall–Kier alpha value is -8.98. The Morgan fingerprint density at radius 3 is 1.10 bits per heavy atom. The number of rotatable bonds is 6. The molecule has 0 aliphatic heterocycles.